The molecule has 0 aliphatic rings. The molecule has 0 nitrogen and oxygen atoms in total. The largest absolute Gasteiger partial charge is 0.207 e. The zero-order valence-electron chi connectivity index (χ0n) is 15.2. The van der Waals surface area contributed by atoms with Crippen molar-refractivity contribution in [3.8, 4) is 33.4 Å². The van der Waals surface area contributed by atoms with Crippen LogP contribution in [-0.2, 0) is 0 Å². The van der Waals surface area contributed by atoms with Crippen LogP contribution >= 0.6 is 0 Å². The number of benzene rings is 4. The van der Waals surface area contributed by atoms with Crippen LogP contribution < -0.4 is 0 Å². The summed E-state index contributed by atoms with van der Waals surface area (Å²) in [4.78, 5) is 0. The fraction of sp³-hybridized carbons (Fsp3) is 0.0400. The minimum atomic E-state index is -0.731. The Bertz CT molecular complexity index is 1110. The van der Waals surface area contributed by atoms with Crippen molar-refractivity contribution >= 4 is 0 Å². The van der Waals surface area contributed by atoms with Gasteiger partial charge in [0.05, 0.1) is 0 Å². The smallest absolute Gasteiger partial charge is 0.131 e. The molecule has 0 atom stereocenters. The van der Waals surface area contributed by atoms with Gasteiger partial charge >= 0.3 is 0 Å². The van der Waals surface area contributed by atoms with Crippen molar-refractivity contribution in [2.75, 3.05) is 0 Å². The van der Waals surface area contributed by atoms with Crippen LogP contribution in [0.1, 0.15) is 5.56 Å². The third kappa shape index (κ3) is 3.70. The summed E-state index contributed by atoms with van der Waals surface area (Å²) < 4.78 is 41.5. The van der Waals surface area contributed by atoms with E-state index in [0.29, 0.717) is 5.56 Å². The van der Waals surface area contributed by atoms with Crippen molar-refractivity contribution in [1.29, 1.82) is 0 Å². The molecule has 28 heavy (non-hydrogen) atoms. The molecule has 0 aliphatic carbocycles. The van der Waals surface area contributed by atoms with Crippen LogP contribution in [0.4, 0.5) is 13.2 Å². The number of hydrogen-bond donors (Lipinski definition) is 0. The predicted octanol–water partition coefficient (Wildman–Crippen LogP) is 7.41. The topological polar surface area (TPSA) is 0 Å². The maximum absolute atomic E-state index is 14.6. The molecule has 0 bridgehead atoms. The first kappa shape index (κ1) is 18.1. The highest BCUT2D eigenvalue weighted by atomic mass is 19.1. The third-order valence-electron chi connectivity index (χ3n) is 4.75. The normalized spacial score (nSPS) is 10.9. The maximum atomic E-state index is 14.6. The van der Waals surface area contributed by atoms with Gasteiger partial charge in [0.1, 0.15) is 17.5 Å². The zero-order valence-corrected chi connectivity index (χ0v) is 15.2. The number of aryl methyl sites for hydroxylation is 1. The van der Waals surface area contributed by atoms with Gasteiger partial charge in [-0.3, -0.25) is 0 Å². The average molecular weight is 374 g/mol. The molecule has 0 spiro atoms. The highest BCUT2D eigenvalue weighted by Crippen LogP contribution is 2.30. The number of rotatable bonds is 3. The van der Waals surface area contributed by atoms with Crippen LogP contribution in [0.15, 0.2) is 84.9 Å². The first-order chi connectivity index (χ1) is 13.5. The SMILES string of the molecule is Cc1ccc(-c2ccc(-c3ccc(-c4cc(F)cc(F)c4)c(F)c3)cc2)cc1. The van der Waals surface area contributed by atoms with E-state index < -0.39 is 17.5 Å². The molecule has 0 radical (unpaired) electrons. The molecular weight excluding hydrogens is 357 g/mol. The highest BCUT2D eigenvalue weighted by molar-refractivity contribution is 5.73. The van der Waals surface area contributed by atoms with Gasteiger partial charge in [-0.05, 0) is 52.9 Å². The van der Waals surface area contributed by atoms with E-state index in [4.69, 9.17) is 0 Å². The zero-order chi connectivity index (χ0) is 19.7. The average Bonchev–Trinajstić information content (AvgIpc) is 2.68. The molecule has 0 fully saturated rings. The fourth-order valence-electron chi connectivity index (χ4n) is 3.24. The maximum Gasteiger partial charge on any atom is 0.131 e. The van der Waals surface area contributed by atoms with Gasteiger partial charge in [0.2, 0.25) is 0 Å². The summed E-state index contributed by atoms with van der Waals surface area (Å²) in [6, 6.07) is 23.8. The molecule has 0 aromatic heterocycles. The molecule has 4 rings (SSSR count). The monoisotopic (exact) mass is 374 g/mol. The van der Waals surface area contributed by atoms with Crippen molar-refractivity contribution in [2.45, 2.75) is 6.92 Å². The van der Waals surface area contributed by atoms with E-state index in [1.165, 1.54) is 11.6 Å². The van der Waals surface area contributed by atoms with Crippen molar-refractivity contribution in [2.24, 2.45) is 0 Å². The Balaban J connectivity index is 1.64. The van der Waals surface area contributed by atoms with Crippen LogP contribution in [0.2, 0.25) is 0 Å². The predicted molar refractivity (Wildman–Crippen MR) is 107 cm³/mol. The van der Waals surface area contributed by atoms with E-state index in [-0.39, 0.29) is 11.1 Å². The summed E-state index contributed by atoms with van der Waals surface area (Å²) in [5, 5.41) is 0. The molecule has 0 aliphatic heterocycles. The van der Waals surface area contributed by atoms with Crippen molar-refractivity contribution < 1.29 is 13.2 Å². The quantitative estimate of drug-likeness (QED) is 0.350. The van der Waals surface area contributed by atoms with Crippen LogP contribution in [0.3, 0.4) is 0 Å². The number of hydrogen-bond acceptors (Lipinski definition) is 0. The Morgan fingerprint density at radius 1 is 0.464 bits per heavy atom. The lowest BCUT2D eigenvalue weighted by Gasteiger charge is -2.09. The molecule has 0 saturated carbocycles. The van der Waals surface area contributed by atoms with E-state index in [9.17, 15) is 13.2 Å². The fourth-order valence-corrected chi connectivity index (χ4v) is 3.24. The van der Waals surface area contributed by atoms with E-state index in [2.05, 4.69) is 24.3 Å². The van der Waals surface area contributed by atoms with Gasteiger partial charge in [0, 0.05) is 11.6 Å². The Hall–Kier alpha value is -3.33. The summed E-state index contributed by atoms with van der Waals surface area (Å²) in [7, 11) is 0. The third-order valence-corrected chi connectivity index (χ3v) is 4.75. The first-order valence-corrected chi connectivity index (χ1v) is 8.93. The first-order valence-electron chi connectivity index (χ1n) is 8.93. The molecule has 138 valence electrons. The van der Waals surface area contributed by atoms with Gasteiger partial charge < -0.3 is 0 Å². The Labute approximate surface area is 161 Å². The van der Waals surface area contributed by atoms with Crippen LogP contribution in [0, 0.1) is 24.4 Å². The molecule has 4 aromatic carbocycles. The number of halogens is 3. The summed E-state index contributed by atoms with van der Waals surface area (Å²) in [5.74, 6) is -1.99. The molecule has 4 aromatic rings. The summed E-state index contributed by atoms with van der Waals surface area (Å²) >= 11 is 0. The van der Waals surface area contributed by atoms with Crippen LogP contribution in [0.25, 0.3) is 33.4 Å². The highest BCUT2D eigenvalue weighted by Gasteiger charge is 2.10. The lowest BCUT2D eigenvalue weighted by molar-refractivity contribution is 0.583. The lowest BCUT2D eigenvalue weighted by Crippen LogP contribution is -1.89. The van der Waals surface area contributed by atoms with Crippen LogP contribution in [-0.4, -0.2) is 0 Å². The van der Waals surface area contributed by atoms with Gasteiger partial charge in [0.25, 0.3) is 0 Å². The van der Waals surface area contributed by atoms with Crippen molar-refractivity contribution in [3.63, 3.8) is 0 Å². The van der Waals surface area contributed by atoms with Gasteiger partial charge in [-0.2, -0.15) is 0 Å². The van der Waals surface area contributed by atoms with E-state index >= 15 is 0 Å². The van der Waals surface area contributed by atoms with E-state index in [1.54, 1.807) is 12.1 Å². The second-order valence-corrected chi connectivity index (χ2v) is 6.80. The van der Waals surface area contributed by atoms with E-state index in [1.807, 2.05) is 31.2 Å². The summed E-state index contributed by atoms with van der Waals surface area (Å²) in [6.07, 6.45) is 0. The Morgan fingerprint density at radius 3 is 1.46 bits per heavy atom. The van der Waals surface area contributed by atoms with Gasteiger partial charge in [-0.1, -0.05) is 66.2 Å². The minimum Gasteiger partial charge on any atom is -0.207 e. The lowest BCUT2D eigenvalue weighted by atomic mass is 9.97. The molecule has 0 N–H and O–H groups in total. The molecule has 0 unspecified atom stereocenters. The standard InChI is InChI=1S/C25H17F3/c1-16-2-4-17(5-3-16)18-6-8-19(9-7-18)20-10-11-24(25(28)14-20)21-12-22(26)15-23(27)13-21/h2-15H,1H3. The molecule has 0 amide bonds. The summed E-state index contributed by atoms with van der Waals surface area (Å²) in [5.41, 5.74) is 5.31. The Morgan fingerprint density at radius 2 is 0.929 bits per heavy atom. The molecule has 3 heteroatoms. The molecule has 0 saturated heterocycles. The summed E-state index contributed by atoms with van der Waals surface area (Å²) in [6.45, 7) is 2.04. The van der Waals surface area contributed by atoms with Gasteiger partial charge in [-0.15, -0.1) is 0 Å². The molecular formula is C25H17F3. The van der Waals surface area contributed by atoms with Crippen molar-refractivity contribution in [1.82, 2.24) is 0 Å². The second kappa shape index (κ2) is 7.35. The second-order valence-electron chi connectivity index (χ2n) is 6.80. The van der Waals surface area contributed by atoms with Crippen molar-refractivity contribution in [3.05, 3.63) is 108 Å². The van der Waals surface area contributed by atoms with Gasteiger partial charge in [-0.25, -0.2) is 13.2 Å². The Kier molecular flexibility index (Phi) is 4.74. The molecule has 0 heterocycles. The minimum absolute atomic E-state index is 0.165. The van der Waals surface area contributed by atoms with Crippen LogP contribution in [0.5, 0.6) is 0 Å². The van der Waals surface area contributed by atoms with E-state index in [0.717, 1.165) is 34.9 Å². The van der Waals surface area contributed by atoms with Gasteiger partial charge in [0.15, 0.2) is 0 Å².